The van der Waals surface area contributed by atoms with E-state index in [9.17, 15) is 4.79 Å². The van der Waals surface area contributed by atoms with E-state index in [-0.39, 0.29) is 11.7 Å². The number of carbonyl (C=O) groups is 1. The Labute approximate surface area is 116 Å². The summed E-state index contributed by atoms with van der Waals surface area (Å²) in [7, 11) is 1.57. The topological polar surface area (TPSA) is 80.0 Å². The fourth-order valence-corrected chi connectivity index (χ4v) is 2.46. The number of nitrogens with zero attached hydrogens (tertiary/aromatic N) is 1. The van der Waals surface area contributed by atoms with Crippen LogP contribution in [0.5, 0.6) is 0 Å². The Morgan fingerprint density at radius 2 is 2.16 bits per heavy atom. The van der Waals surface area contributed by atoms with Gasteiger partial charge in [-0.25, -0.2) is 0 Å². The van der Waals surface area contributed by atoms with Gasteiger partial charge >= 0.3 is 0 Å². The number of nitrogen functional groups attached to an aromatic ring is 1. The number of anilines is 2. The van der Waals surface area contributed by atoms with Gasteiger partial charge in [-0.3, -0.25) is 4.79 Å². The van der Waals surface area contributed by atoms with Gasteiger partial charge in [-0.15, -0.1) is 0 Å². The second-order valence-electron chi connectivity index (χ2n) is 4.13. The maximum Gasteiger partial charge on any atom is 0.257 e. The number of benzene rings is 1. The van der Waals surface area contributed by atoms with Crippen molar-refractivity contribution in [2.24, 2.45) is 0 Å². The normalized spacial score (nSPS) is 10.2. The number of amides is 1. The van der Waals surface area contributed by atoms with Crippen molar-refractivity contribution in [2.75, 3.05) is 18.1 Å². The molecule has 4 N–H and O–H groups in total. The third kappa shape index (κ3) is 2.85. The van der Waals surface area contributed by atoms with Crippen molar-refractivity contribution in [3.8, 4) is 0 Å². The van der Waals surface area contributed by atoms with E-state index in [0.29, 0.717) is 17.1 Å². The molecule has 6 heteroatoms. The van der Waals surface area contributed by atoms with Crippen LogP contribution in [0, 0.1) is 6.92 Å². The number of rotatable bonds is 4. The minimum Gasteiger partial charge on any atom is -0.382 e. The molecule has 1 aromatic heterocycles. The molecule has 2 aromatic rings. The fraction of sp³-hybridized carbons (Fsp3) is 0.231. The van der Waals surface area contributed by atoms with E-state index in [1.54, 1.807) is 7.05 Å². The van der Waals surface area contributed by atoms with Crippen LogP contribution in [0.2, 0.25) is 0 Å². The number of nitrogens with one attached hydrogen (secondary N) is 2. The maximum absolute atomic E-state index is 11.7. The molecule has 0 bridgehead atoms. The van der Waals surface area contributed by atoms with Crippen molar-refractivity contribution >= 4 is 28.3 Å². The first-order chi connectivity index (χ1) is 9.13. The van der Waals surface area contributed by atoms with Crippen LogP contribution < -0.4 is 16.4 Å². The lowest BCUT2D eigenvalue weighted by molar-refractivity contribution is 0.0965. The zero-order chi connectivity index (χ0) is 13.8. The lowest BCUT2D eigenvalue weighted by Crippen LogP contribution is -2.20. The van der Waals surface area contributed by atoms with Gasteiger partial charge in [0.1, 0.15) is 10.6 Å². The Morgan fingerprint density at radius 3 is 2.84 bits per heavy atom. The van der Waals surface area contributed by atoms with Gasteiger partial charge in [0.25, 0.3) is 5.91 Å². The van der Waals surface area contributed by atoms with Crippen LogP contribution in [0.3, 0.4) is 0 Å². The molecular weight excluding hydrogens is 260 g/mol. The standard InChI is InChI=1S/C13H16N4OS/c1-8-5-3-4-6-9(8)7-16-13-10(12(18)15-2)11(14)17-19-13/h3-6,16H,7H2,1-2H3,(H2,14,17)(H,15,18). The molecule has 1 amide bonds. The number of aromatic nitrogens is 1. The van der Waals surface area contributed by atoms with Gasteiger partial charge in [-0.05, 0) is 29.6 Å². The molecule has 0 aliphatic carbocycles. The monoisotopic (exact) mass is 276 g/mol. The molecule has 5 nitrogen and oxygen atoms in total. The van der Waals surface area contributed by atoms with E-state index in [1.165, 1.54) is 22.7 Å². The number of nitrogens with two attached hydrogens (primary N) is 1. The maximum atomic E-state index is 11.7. The summed E-state index contributed by atoms with van der Waals surface area (Å²) >= 11 is 1.20. The van der Waals surface area contributed by atoms with Gasteiger partial charge in [0.2, 0.25) is 0 Å². The van der Waals surface area contributed by atoms with E-state index < -0.39 is 0 Å². The Balaban J connectivity index is 2.17. The summed E-state index contributed by atoms with van der Waals surface area (Å²) in [6.07, 6.45) is 0. The second kappa shape index (κ2) is 5.71. The third-order valence-corrected chi connectivity index (χ3v) is 3.69. The second-order valence-corrected chi connectivity index (χ2v) is 4.90. The van der Waals surface area contributed by atoms with Gasteiger partial charge in [-0.2, -0.15) is 4.37 Å². The van der Waals surface area contributed by atoms with E-state index in [2.05, 4.69) is 28.0 Å². The minimum absolute atomic E-state index is 0.224. The molecule has 100 valence electrons. The largest absolute Gasteiger partial charge is 0.382 e. The van der Waals surface area contributed by atoms with E-state index >= 15 is 0 Å². The predicted molar refractivity (Wildman–Crippen MR) is 78.4 cm³/mol. The first-order valence-electron chi connectivity index (χ1n) is 5.89. The van der Waals surface area contributed by atoms with Crippen LogP contribution in [-0.4, -0.2) is 17.3 Å². The Bertz CT molecular complexity index is 594. The molecule has 0 atom stereocenters. The number of hydrogen-bond acceptors (Lipinski definition) is 5. The molecule has 0 radical (unpaired) electrons. The summed E-state index contributed by atoms with van der Waals surface area (Å²) in [4.78, 5) is 11.7. The van der Waals surface area contributed by atoms with Crippen LogP contribution in [0.4, 0.5) is 10.8 Å². The van der Waals surface area contributed by atoms with Gasteiger partial charge in [-0.1, -0.05) is 24.3 Å². The molecule has 0 unspecified atom stereocenters. The average molecular weight is 276 g/mol. The zero-order valence-electron chi connectivity index (χ0n) is 10.9. The highest BCUT2D eigenvalue weighted by molar-refractivity contribution is 7.11. The fourth-order valence-electron chi connectivity index (χ4n) is 1.75. The molecule has 1 aromatic carbocycles. The Morgan fingerprint density at radius 1 is 1.42 bits per heavy atom. The summed E-state index contributed by atoms with van der Waals surface area (Å²) < 4.78 is 4.02. The smallest absolute Gasteiger partial charge is 0.257 e. The molecule has 0 spiro atoms. The Hall–Kier alpha value is -2.08. The van der Waals surface area contributed by atoms with Crippen molar-refractivity contribution < 1.29 is 4.79 Å². The number of aryl methyl sites for hydroxylation is 1. The summed E-state index contributed by atoms with van der Waals surface area (Å²) in [5.41, 5.74) is 8.51. The van der Waals surface area contributed by atoms with Crippen molar-refractivity contribution in [3.63, 3.8) is 0 Å². The highest BCUT2D eigenvalue weighted by atomic mass is 32.1. The van der Waals surface area contributed by atoms with Gasteiger partial charge in [0, 0.05) is 13.6 Å². The van der Waals surface area contributed by atoms with E-state index in [4.69, 9.17) is 5.73 Å². The lowest BCUT2D eigenvalue weighted by Gasteiger charge is -2.08. The first kappa shape index (κ1) is 13.4. The van der Waals surface area contributed by atoms with Gasteiger partial charge < -0.3 is 16.4 Å². The number of hydrogen-bond donors (Lipinski definition) is 3. The van der Waals surface area contributed by atoms with Gasteiger partial charge in [0.05, 0.1) is 0 Å². The first-order valence-corrected chi connectivity index (χ1v) is 6.66. The molecule has 0 aliphatic rings. The summed E-state index contributed by atoms with van der Waals surface area (Å²) in [5.74, 6) is 0.0372. The molecule has 0 saturated carbocycles. The highest BCUT2D eigenvalue weighted by Crippen LogP contribution is 2.27. The minimum atomic E-state index is -0.224. The number of carbonyl (C=O) groups excluding carboxylic acids is 1. The quantitative estimate of drug-likeness (QED) is 0.798. The van der Waals surface area contributed by atoms with Crippen LogP contribution >= 0.6 is 11.5 Å². The van der Waals surface area contributed by atoms with Crippen molar-refractivity contribution in [1.29, 1.82) is 0 Å². The molecule has 1 heterocycles. The van der Waals surface area contributed by atoms with E-state index in [1.807, 2.05) is 18.2 Å². The summed E-state index contributed by atoms with van der Waals surface area (Å²) in [6, 6.07) is 8.09. The average Bonchev–Trinajstić information content (AvgIpc) is 2.78. The van der Waals surface area contributed by atoms with Gasteiger partial charge in [0.15, 0.2) is 5.82 Å². The molecule has 2 rings (SSSR count). The third-order valence-electron chi connectivity index (χ3n) is 2.87. The zero-order valence-corrected chi connectivity index (χ0v) is 11.7. The van der Waals surface area contributed by atoms with Crippen molar-refractivity contribution in [3.05, 3.63) is 41.0 Å². The van der Waals surface area contributed by atoms with Crippen LogP contribution in [0.15, 0.2) is 24.3 Å². The molecule has 0 saturated heterocycles. The highest BCUT2D eigenvalue weighted by Gasteiger charge is 2.17. The Kier molecular flexibility index (Phi) is 4.01. The lowest BCUT2D eigenvalue weighted by atomic mass is 10.1. The molecule has 0 aliphatic heterocycles. The summed E-state index contributed by atoms with van der Waals surface area (Å²) in [6.45, 7) is 2.69. The summed E-state index contributed by atoms with van der Waals surface area (Å²) in [5, 5.41) is 6.48. The van der Waals surface area contributed by atoms with E-state index in [0.717, 1.165) is 0 Å². The van der Waals surface area contributed by atoms with Crippen molar-refractivity contribution in [1.82, 2.24) is 9.69 Å². The molecule has 0 fully saturated rings. The van der Waals surface area contributed by atoms with Crippen molar-refractivity contribution in [2.45, 2.75) is 13.5 Å². The predicted octanol–water partition coefficient (Wildman–Crippen LogP) is 2.01. The SMILES string of the molecule is CNC(=O)c1c(N)nsc1NCc1ccccc1C. The van der Waals surface area contributed by atoms with Crippen LogP contribution in [-0.2, 0) is 6.54 Å². The molecular formula is C13H16N4OS. The van der Waals surface area contributed by atoms with Crippen LogP contribution in [0.25, 0.3) is 0 Å². The van der Waals surface area contributed by atoms with Crippen LogP contribution in [0.1, 0.15) is 21.5 Å². The molecule has 19 heavy (non-hydrogen) atoms.